The Kier molecular flexibility index (Phi) is 3.49. The number of hydrogen-bond acceptors (Lipinski definition) is 2. The Labute approximate surface area is 101 Å². The molecule has 2 atom stereocenters. The Morgan fingerprint density at radius 1 is 1.38 bits per heavy atom. The first-order chi connectivity index (χ1) is 7.72. The van der Waals surface area contributed by atoms with Crippen LogP contribution >= 0.6 is 11.6 Å². The van der Waals surface area contributed by atoms with E-state index in [2.05, 4.69) is 6.07 Å². The minimum Gasteiger partial charge on any atom is -0.496 e. The van der Waals surface area contributed by atoms with Crippen LogP contribution in [0.4, 0.5) is 0 Å². The molecule has 1 fully saturated rings. The number of carbonyl (C=O) groups is 1. The second-order valence-electron chi connectivity index (χ2n) is 4.15. The zero-order valence-corrected chi connectivity index (χ0v) is 10.0. The molecule has 16 heavy (non-hydrogen) atoms. The van der Waals surface area contributed by atoms with E-state index in [0.717, 1.165) is 18.6 Å². The third-order valence-electron chi connectivity index (χ3n) is 3.16. The number of para-hydroxylation sites is 1. The molecule has 0 amide bonds. The largest absolute Gasteiger partial charge is 0.496 e. The van der Waals surface area contributed by atoms with Crippen LogP contribution in [0.3, 0.4) is 0 Å². The van der Waals surface area contributed by atoms with Crippen molar-refractivity contribution in [3.63, 3.8) is 0 Å². The van der Waals surface area contributed by atoms with Gasteiger partial charge in [-0.3, -0.25) is 4.79 Å². The molecule has 2 nitrogen and oxygen atoms in total. The van der Waals surface area contributed by atoms with Crippen molar-refractivity contribution in [2.75, 3.05) is 7.11 Å². The molecular formula is C13H15ClO2. The molecule has 0 N–H and O–H groups in total. The van der Waals surface area contributed by atoms with E-state index in [4.69, 9.17) is 16.3 Å². The average Bonchev–Trinajstić information content (AvgIpc) is 2.32. The lowest BCUT2D eigenvalue weighted by Gasteiger charge is -2.26. The second kappa shape index (κ2) is 4.88. The highest BCUT2D eigenvalue weighted by atomic mass is 35.5. The molecule has 0 radical (unpaired) electrons. The van der Waals surface area contributed by atoms with Gasteiger partial charge in [-0.25, -0.2) is 0 Å². The predicted octanol–water partition coefficient (Wildman–Crippen LogP) is 3.14. The van der Waals surface area contributed by atoms with Gasteiger partial charge in [0.05, 0.1) is 12.5 Å². The minimum absolute atomic E-state index is 0.174. The standard InChI is InChI=1S/C13H15ClO2/c1-16-13-5-3-2-4-10(13)9-6-7-12(15)11(14)8-9/h2-5,9,11H,6-8H2,1H3. The quantitative estimate of drug-likeness (QED) is 0.740. The number of Topliss-reactive ketones (excluding diaryl/α,β-unsaturated/α-hetero) is 1. The summed E-state index contributed by atoms with van der Waals surface area (Å²) in [5.41, 5.74) is 1.17. The molecule has 1 aliphatic carbocycles. The molecule has 0 aliphatic heterocycles. The van der Waals surface area contributed by atoms with Gasteiger partial charge in [0.2, 0.25) is 0 Å². The van der Waals surface area contributed by atoms with Crippen LogP contribution in [-0.2, 0) is 4.79 Å². The number of carbonyl (C=O) groups excluding carboxylic acids is 1. The van der Waals surface area contributed by atoms with Crippen LogP contribution in [0.15, 0.2) is 24.3 Å². The van der Waals surface area contributed by atoms with Crippen molar-refractivity contribution < 1.29 is 9.53 Å². The van der Waals surface area contributed by atoms with Gasteiger partial charge in [0, 0.05) is 6.42 Å². The van der Waals surface area contributed by atoms with E-state index in [-0.39, 0.29) is 11.2 Å². The molecule has 0 bridgehead atoms. The maximum Gasteiger partial charge on any atom is 0.150 e. The third kappa shape index (κ3) is 2.22. The molecule has 0 saturated heterocycles. The van der Waals surface area contributed by atoms with E-state index in [1.54, 1.807) is 7.11 Å². The summed E-state index contributed by atoms with van der Waals surface area (Å²) in [6, 6.07) is 7.96. The third-order valence-corrected chi connectivity index (χ3v) is 3.58. The molecule has 2 unspecified atom stereocenters. The van der Waals surface area contributed by atoms with Crippen LogP contribution in [0.5, 0.6) is 5.75 Å². The molecular weight excluding hydrogens is 224 g/mol. The predicted molar refractivity (Wildman–Crippen MR) is 64.2 cm³/mol. The molecule has 0 aromatic heterocycles. The highest BCUT2D eigenvalue weighted by molar-refractivity contribution is 6.31. The van der Waals surface area contributed by atoms with Crippen LogP contribution in [0.2, 0.25) is 0 Å². The topological polar surface area (TPSA) is 26.3 Å². The normalized spacial score (nSPS) is 25.5. The van der Waals surface area contributed by atoms with Gasteiger partial charge in [0.15, 0.2) is 5.78 Å². The van der Waals surface area contributed by atoms with Gasteiger partial charge in [0.25, 0.3) is 0 Å². The van der Waals surface area contributed by atoms with Gasteiger partial charge in [-0.15, -0.1) is 11.6 Å². The van der Waals surface area contributed by atoms with E-state index in [1.165, 1.54) is 5.56 Å². The number of methoxy groups -OCH3 is 1. The summed E-state index contributed by atoms with van der Waals surface area (Å²) in [5.74, 6) is 1.41. The van der Waals surface area contributed by atoms with Crippen molar-refractivity contribution in [1.29, 1.82) is 0 Å². The van der Waals surface area contributed by atoms with Gasteiger partial charge in [0.1, 0.15) is 5.75 Å². The molecule has 1 aromatic rings. The van der Waals surface area contributed by atoms with Gasteiger partial charge in [-0.1, -0.05) is 18.2 Å². The minimum atomic E-state index is -0.330. The highest BCUT2D eigenvalue weighted by Crippen LogP contribution is 2.37. The van der Waals surface area contributed by atoms with Crippen molar-refractivity contribution in [2.24, 2.45) is 0 Å². The zero-order chi connectivity index (χ0) is 11.5. The average molecular weight is 239 g/mol. The van der Waals surface area contributed by atoms with Crippen LogP contribution in [0, 0.1) is 0 Å². The number of ketones is 1. The van der Waals surface area contributed by atoms with Crippen molar-refractivity contribution in [1.82, 2.24) is 0 Å². The smallest absolute Gasteiger partial charge is 0.150 e. The van der Waals surface area contributed by atoms with Crippen LogP contribution < -0.4 is 4.74 Å². The molecule has 86 valence electrons. The number of rotatable bonds is 2. The molecule has 3 heteroatoms. The Balaban J connectivity index is 2.21. The van der Waals surface area contributed by atoms with Gasteiger partial charge in [-0.05, 0) is 30.4 Å². The van der Waals surface area contributed by atoms with E-state index >= 15 is 0 Å². The van der Waals surface area contributed by atoms with Crippen molar-refractivity contribution in [2.45, 2.75) is 30.6 Å². The molecule has 0 heterocycles. The summed E-state index contributed by atoms with van der Waals surface area (Å²) in [5, 5.41) is -0.330. The monoisotopic (exact) mass is 238 g/mol. The fraction of sp³-hybridized carbons (Fsp3) is 0.462. The van der Waals surface area contributed by atoms with Crippen molar-refractivity contribution in [3.05, 3.63) is 29.8 Å². The summed E-state index contributed by atoms with van der Waals surface area (Å²) in [6.07, 6.45) is 2.18. The summed E-state index contributed by atoms with van der Waals surface area (Å²) in [7, 11) is 1.67. The van der Waals surface area contributed by atoms with Gasteiger partial charge >= 0.3 is 0 Å². The second-order valence-corrected chi connectivity index (χ2v) is 4.67. The van der Waals surface area contributed by atoms with Gasteiger partial charge in [-0.2, -0.15) is 0 Å². The van der Waals surface area contributed by atoms with Crippen molar-refractivity contribution >= 4 is 17.4 Å². The fourth-order valence-corrected chi connectivity index (χ4v) is 2.58. The van der Waals surface area contributed by atoms with E-state index in [1.807, 2.05) is 18.2 Å². The maximum absolute atomic E-state index is 11.4. The molecule has 1 saturated carbocycles. The lowest BCUT2D eigenvalue weighted by molar-refractivity contribution is -0.120. The van der Waals surface area contributed by atoms with Crippen LogP contribution in [0.1, 0.15) is 30.7 Å². The van der Waals surface area contributed by atoms with E-state index in [0.29, 0.717) is 12.3 Å². The Morgan fingerprint density at radius 3 is 2.81 bits per heavy atom. The molecule has 1 aromatic carbocycles. The van der Waals surface area contributed by atoms with Crippen molar-refractivity contribution in [3.8, 4) is 5.75 Å². The summed E-state index contributed by atoms with van der Waals surface area (Å²) in [6.45, 7) is 0. The Bertz CT molecular complexity index is 389. The number of benzene rings is 1. The molecule has 0 spiro atoms. The first kappa shape index (κ1) is 11.5. The molecule has 1 aliphatic rings. The maximum atomic E-state index is 11.4. The summed E-state index contributed by atoms with van der Waals surface area (Å²) in [4.78, 5) is 11.4. The van der Waals surface area contributed by atoms with Crippen LogP contribution in [0.25, 0.3) is 0 Å². The number of hydrogen-bond donors (Lipinski definition) is 0. The lowest BCUT2D eigenvalue weighted by Crippen LogP contribution is -2.24. The fourth-order valence-electron chi connectivity index (χ4n) is 2.26. The lowest BCUT2D eigenvalue weighted by atomic mass is 9.83. The molecule has 2 rings (SSSR count). The summed E-state index contributed by atoms with van der Waals surface area (Å²) >= 11 is 6.02. The Morgan fingerprint density at radius 2 is 2.12 bits per heavy atom. The summed E-state index contributed by atoms with van der Waals surface area (Å²) < 4.78 is 5.33. The SMILES string of the molecule is COc1ccccc1C1CCC(=O)C(Cl)C1. The highest BCUT2D eigenvalue weighted by Gasteiger charge is 2.29. The van der Waals surface area contributed by atoms with Gasteiger partial charge < -0.3 is 4.74 Å². The Hall–Kier alpha value is -1.02. The number of ether oxygens (including phenoxy) is 1. The number of halogens is 1. The number of alkyl halides is 1. The first-order valence-corrected chi connectivity index (χ1v) is 5.95. The van der Waals surface area contributed by atoms with E-state index < -0.39 is 0 Å². The first-order valence-electron chi connectivity index (χ1n) is 5.52. The van der Waals surface area contributed by atoms with E-state index in [9.17, 15) is 4.79 Å². The zero-order valence-electron chi connectivity index (χ0n) is 9.28. The van der Waals surface area contributed by atoms with Crippen LogP contribution in [-0.4, -0.2) is 18.3 Å².